The molecule has 0 aliphatic carbocycles. The van der Waals surface area contributed by atoms with E-state index in [0.717, 1.165) is 16.7 Å². The SMILES string of the molecule is COc1ccc(-c2noc(-c3cc4ccccc4oc3=N)n2)cc1. The van der Waals surface area contributed by atoms with Gasteiger partial charge in [0.25, 0.3) is 5.89 Å². The van der Waals surface area contributed by atoms with Crippen LogP contribution < -0.4 is 10.3 Å². The molecule has 0 aliphatic rings. The van der Waals surface area contributed by atoms with Gasteiger partial charge in [-0.3, -0.25) is 5.41 Å². The molecule has 0 amide bonds. The van der Waals surface area contributed by atoms with Crippen LogP contribution in [0.3, 0.4) is 0 Å². The zero-order chi connectivity index (χ0) is 16.5. The van der Waals surface area contributed by atoms with Crippen molar-refractivity contribution in [3.8, 4) is 28.6 Å². The minimum Gasteiger partial charge on any atom is -0.497 e. The van der Waals surface area contributed by atoms with E-state index in [-0.39, 0.29) is 11.4 Å². The van der Waals surface area contributed by atoms with Crippen molar-refractivity contribution in [3.05, 3.63) is 60.2 Å². The van der Waals surface area contributed by atoms with Crippen LogP contribution in [0.15, 0.2) is 63.5 Å². The van der Waals surface area contributed by atoms with Gasteiger partial charge in [-0.25, -0.2) is 0 Å². The van der Waals surface area contributed by atoms with E-state index in [9.17, 15) is 0 Å². The Balaban J connectivity index is 1.76. The summed E-state index contributed by atoms with van der Waals surface area (Å²) in [5.41, 5.74) is 1.88. The predicted octanol–water partition coefficient (Wildman–Crippen LogP) is 3.64. The molecule has 4 rings (SSSR count). The molecule has 0 aliphatic heterocycles. The normalized spacial score (nSPS) is 10.9. The molecule has 6 nitrogen and oxygen atoms in total. The van der Waals surface area contributed by atoms with E-state index in [2.05, 4.69) is 10.1 Å². The lowest BCUT2D eigenvalue weighted by molar-refractivity contribution is 0.414. The largest absolute Gasteiger partial charge is 0.497 e. The molecule has 0 saturated heterocycles. The fraction of sp³-hybridized carbons (Fsp3) is 0.0556. The van der Waals surface area contributed by atoms with Gasteiger partial charge in [-0.1, -0.05) is 23.4 Å². The summed E-state index contributed by atoms with van der Waals surface area (Å²) in [5.74, 6) is 1.45. The van der Waals surface area contributed by atoms with Gasteiger partial charge in [-0.2, -0.15) is 4.98 Å². The number of benzene rings is 2. The molecule has 1 N–H and O–H groups in total. The minimum atomic E-state index is -0.0152. The first-order valence-corrected chi connectivity index (χ1v) is 7.30. The summed E-state index contributed by atoms with van der Waals surface area (Å²) in [6.07, 6.45) is 0. The van der Waals surface area contributed by atoms with Crippen LogP contribution in [0.4, 0.5) is 0 Å². The molecule has 0 radical (unpaired) electrons. The standard InChI is InChI=1S/C18H13N3O3/c1-22-13-8-6-11(7-9-13)17-20-18(24-21-17)14-10-12-4-2-3-5-15(12)23-16(14)19/h2-10,19H,1H3. The second-order valence-electron chi connectivity index (χ2n) is 5.18. The molecule has 2 aromatic carbocycles. The summed E-state index contributed by atoms with van der Waals surface area (Å²) >= 11 is 0. The molecular formula is C18H13N3O3. The minimum absolute atomic E-state index is 0.0152. The van der Waals surface area contributed by atoms with E-state index in [0.29, 0.717) is 17.0 Å². The lowest BCUT2D eigenvalue weighted by Crippen LogP contribution is -2.03. The Morgan fingerprint density at radius 2 is 1.83 bits per heavy atom. The number of methoxy groups -OCH3 is 1. The molecule has 24 heavy (non-hydrogen) atoms. The van der Waals surface area contributed by atoms with E-state index in [1.54, 1.807) is 7.11 Å². The van der Waals surface area contributed by atoms with Gasteiger partial charge in [0.2, 0.25) is 11.4 Å². The van der Waals surface area contributed by atoms with Gasteiger partial charge in [0.05, 0.1) is 7.11 Å². The fourth-order valence-electron chi connectivity index (χ4n) is 2.43. The third kappa shape index (κ3) is 2.44. The predicted molar refractivity (Wildman–Crippen MR) is 87.3 cm³/mol. The average Bonchev–Trinajstić information content (AvgIpc) is 3.11. The van der Waals surface area contributed by atoms with Crippen LogP contribution >= 0.6 is 0 Å². The molecule has 0 atom stereocenters. The lowest BCUT2D eigenvalue weighted by atomic mass is 10.2. The highest BCUT2D eigenvalue weighted by molar-refractivity contribution is 5.80. The van der Waals surface area contributed by atoms with Crippen molar-refractivity contribution in [2.75, 3.05) is 7.11 Å². The van der Waals surface area contributed by atoms with Crippen LogP contribution in [0.1, 0.15) is 0 Å². The topological polar surface area (TPSA) is 85.1 Å². The van der Waals surface area contributed by atoms with Gasteiger partial charge in [0.1, 0.15) is 16.9 Å². The summed E-state index contributed by atoms with van der Waals surface area (Å²) in [6, 6.07) is 16.6. The first-order chi connectivity index (χ1) is 11.7. The van der Waals surface area contributed by atoms with Crippen molar-refractivity contribution in [1.29, 1.82) is 5.41 Å². The Labute approximate surface area is 136 Å². The molecular weight excluding hydrogens is 306 g/mol. The van der Waals surface area contributed by atoms with Gasteiger partial charge < -0.3 is 13.7 Å². The van der Waals surface area contributed by atoms with Crippen molar-refractivity contribution < 1.29 is 13.7 Å². The van der Waals surface area contributed by atoms with Crippen LogP contribution in [-0.2, 0) is 0 Å². The zero-order valence-corrected chi connectivity index (χ0v) is 12.8. The molecule has 118 valence electrons. The van der Waals surface area contributed by atoms with Crippen LogP contribution in [-0.4, -0.2) is 17.3 Å². The molecule has 2 heterocycles. The van der Waals surface area contributed by atoms with Crippen LogP contribution in [0.2, 0.25) is 0 Å². The van der Waals surface area contributed by atoms with Crippen molar-refractivity contribution in [2.24, 2.45) is 0 Å². The Kier molecular flexibility index (Phi) is 3.35. The Hall–Kier alpha value is -3.41. The highest BCUT2D eigenvalue weighted by Crippen LogP contribution is 2.24. The number of nitrogens with one attached hydrogen (secondary N) is 1. The summed E-state index contributed by atoms with van der Waals surface area (Å²) in [7, 11) is 1.61. The van der Waals surface area contributed by atoms with Gasteiger partial charge in [-0.05, 0) is 36.4 Å². The maximum absolute atomic E-state index is 8.05. The molecule has 0 unspecified atom stereocenters. The monoisotopic (exact) mass is 319 g/mol. The summed E-state index contributed by atoms with van der Waals surface area (Å²) in [5, 5.41) is 12.9. The number of aromatic nitrogens is 2. The summed E-state index contributed by atoms with van der Waals surface area (Å²) in [6.45, 7) is 0. The number of fused-ring (bicyclic) bond motifs is 1. The Bertz CT molecular complexity index is 1060. The quantitative estimate of drug-likeness (QED) is 0.623. The van der Waals surface area contributed by atoms with Crippen LogP contribution in [0.25, 0.3) is 33.8 Å². The molecule has 0 spiro atoms. The van der Waals surface area contributed by atoms with E-state index >= 15 is 0 Å². The molecule has 0 bridgehead atoms. The molecule has 2 aromatic heterocycles. The van der Waals surface area contributed by atoms with E-state index < -0.39 is 0 Å². The van der Waals surface area contributed by atoms with Crippen LogP contribution in [0.5, 0.6) is 5.75 Å². The van der Waals surface area contributed by atoms with Crippen molar-refractivity contribution in [3.63, 3.8) is 0 Å². The number of ether oxygens (including phenoxy) is 1. The average molecular weight is 319 g/mol. The molecule has 0 saturated carbocycles. The number of hydrogen-bond acceptors (Lipinski definition) is 6. The van der Waals surface area contributed by atoms with E-state index in [1.807, 2.05) is 54.6 Å². The lowest BCUT2D eigenvalue weighted by Gasteiger charge is -1.99. The van der Waals surface area contributed by atoms with Gasteiger partial charge in [0.15, 0.2) is 0 Å². The summed E-state index contributed by atoms with van der Waals surface area (Å²) in [4.78, 5) is 4.38. The molecule has 4 aromatic rings. The van der Waals surface area contributed by atoms with Gasteiger partial charge >= 0.3 is 0 Å². The van der Waals surface area contributed by atoms with Gasteiger partial charge in [0, 0.05) is 10.9 Å². The zero-order valence-electron chi connectivity index (χ0n) is 12.8. The second kappa shape index (κ2) is 5.66. The fourth-order valence-corrected chi connectivity index (χ4v) is 2.43. The third-order valence-corrected chi connectivity index (χ3v) is 3.68. The number of rotatable bonds is 3. The maximum Gasteiger partial charge on any atom is 0.263 e. The van der Waals surface area contributed by atoms with E-state index in [4.69, 9.17) is 19.1 Å². The van der Waals surface area contributed by atoms with Crippen molar-refractivity contribution in [1.82, 2.24) is 10.1 Å². The second-order valence-corrected chi connectivity index (χ2v) is 5.18. The number of para-hydroxylation sites is 1. The number of hydrogen-bond donors (Lipinski definition) is 1. The number of nitrogens with zero attached hydrogens (tertiary/aromatic N) is 2. The van der Waals surface area contributed by atoms with Gasteiger partial charge in [-0.15, -0.1) is 0 Å². The first-order valence-electron chi connectivity index (χ1n) is 7.30. The Morgan fingerprint density at radius 3 is 2.62 bits per heavy atom. The Morgan fingerprint density at radius 1 is 1.04 bits per heavy atom. The molecule has 0 fully saturated rings. The van der Waals surface area contributed by atoms with E-state index in [1.165, 1.54) is 0 Å². The van der Waals surface area contributed by atoms with Crippen molar-refractivity contribution in [2.45, 2.75) is 0 Å². The molecule has 6 heteroatoms. The highest BCUT2D eigenvalue weighted by Gasteiger charge is 2.14. The highest BCUT2D eigenvalue weighted by atomic mass is 16.5. The van der Waals surface area contributed by atoms with Crippen LogP contribution in [0, 0.1) is 5.41 Å². The smallest absolute Gasteiger partial charge is 0.263 e. The maximum atomic E-state index is 8.05. The van der Waals surface area contributed by atoms with Crippen molar-refractivity contribution >= 4 is 11.0 Å². The third-order valence-electron chi connectivity index (χ3n) is 3.68. The first kappa shape index (κ1) is 14.2. The summed E-state index contributed by atoms with van der Waals surface area (Å²) < 4.78 is 16.0.